The first kappa shape index (κ1) is 20.3. The van der Waals surface area contributed by atoms with Crippen molar-refractivity contribution in [2.45, 2.75) is 31.7 Å². The van der Waals surface area contributed by atoms with Gasteiger partial charge in [0, 0.05) is 12.2 Å². The minimum atomic E-state index is -0.632. The minimum Gasteiger partial charge on any atom is -0.435 e. The standard InChI is InChI=1S/C23H19FN4O3/c24-18-9-3-4-10-19(18)31-22-17(23(30)28-12-6-5-11-20(28)27-22)13-15(14-25)21(29)26-16-7-1-2-8-16/h3-6,9-13,16H,1-2,7-8H2,(H,26,29)/b15-13-. The van der Waals surface area contributed by atoms with Gasteiger partial charge in [0.05, 0.1) is 0 Å². The zero-order chi connectivity index (χ0) is 21.8. The van der Waals surface area contributed by atoms with Gasteiger partial charge >= 0.3 is 0 Å². The van der Waals surface area contributed by atoms with Crippen LogP contribution in [0.1, 0.15) is 31.2 Å². The first-order valence-corrected chi connectivity index (χ1v) is 9.93. The van der Waals surface area contributed by atoms with E-state index in [1.807, 2.05) is 6.07 Å². The first-order chi connectivity index (χ1) is 15.1. The molecule has 156 valence electrons. The molecule has 0 saturated heterocycles. The van der Waals surface area contributed by atoms with E-state index in [9.17, 15) is 19.2 Å². The number of pyridine rings is 1. The van der Waals surface area contributed by atoms with E-state index in [1.165, 1.54) is 28.8 Å². The number of carbonyl (C=O) groups is 1. The lowest BCUT2D eigenvalue weighted by Gasteiger charge is -2.12. The van der Waals surface area contributed by atoms with Gasteiger partial charge in [-0.2, -0.15) is 10.2 Å². The molecule has 4 rings (SSSR count). The van der Waals surface area contributed by atoms with Crippen molar-refractivity contribution in [3.8, 4) is 17.7 Å². The molecular weight excluding hydrogens is 399 g/mol. The van der Waals surface area contributed by atoms with E-state index < -0.39 is 17.3 Å². The first-order valence-electron chi connectivity index (χ1n) is 9.93. The molecule has 2 aromatic heterocycles. The van der Waals surface area contributed by atoms with Crippen molar-refractivity contribution in [2.24, 2.45) is 0 Å². The van der Waals surface area contributed by atoms with Crippen LogP contribution in [0.4, 0.5) is 4.39 Å². The van der Waals surface area contributed by atoms with Gasteiger partial charge in [-0.15, -0.1) is 0 Å². The van der Waals surface area contributed by atoms with Crippen molar-refractivity contribution < 1.29 is 13.9 Å². The Morgan fingerprint density at radius 2 is 1.97 bits per heavy atom. The molecule has 31 heavy (non-hydrogen) atoms. The van der Waals surface area contributed by atoms with E-state index in [0.29, 0.717) is 0 Å². The lowest BCUT2D eigenvalue weighted by molar-refractivity contribution is -0.117. The van der Waals surface area contributed by atoms with Crippen molar-refractivity contribution in [3.05, 3.63) is 76.0 Å². The molecule has 0 spiro atoms. The molecule has 3 aromatic rings. The zero-order valence-electron chi connectivity index (χ0n) is 16.5. The highest BCUT2D eigenvalue weighted by Gasteiger charge is 2.21. The van der Waals surface area contributed by atoms with Crippen LogP contribution in [0.25, 0.3) is 11.7 Å². The number of nitriles is 1. The lowest BCUT2D eigenvalue weighted by Crippen LogP contribution is -2.33. The summed E-state index contributed by atoms with van der Waals surface area (Å²) >= 11 is 0. The van der Waals surface area contributed by atoms with E-state index in [4.69, 9.17) is 4.74 Å². The summed E-state index contributed by atoms with van der Waals surface area (Å²) in [5.74, 6) is -1.52. The highest BCUT2D eigenvalue weighted by molar-refractivity contribution is 6.02. The Morgan fingerprint density at radius 3 is 2.71 bits per heavy atom. The van der Waals surface area contributed by atoms with E-state index in [2.05, 4.69) is 10.3 Å². The van der Waals surface area contributed by atoms with Crippen LogP contribution in [0.2, 0.25) is 0 Å². The van der Waals surface area contributed by atoms with Crippen LogP contribution in [0.5, 0.6) is 11.6 Å². The van der Waals surface area contributed by atoms with Crippen LogP contribution in [0.3, 0.4) is 0 Å². The minimum absolute atomic E-state index is 0.00853. The maximum Gasteiger partial charge on any atom is 0.269 e. The molecule has 1 saturated carbocycles. The van der Waals surface area contributed by atoms with Crippen LogP contribution < -0.4 is 15.6 Å². The fourth-order valence-corrected chi connectivity index (χ4v) is 3.54. The number of rotatable bonds is 5. The third-order valence-corrected chi connectivity index (χ3v) is 5.12. The Labute approximate surface area is 177 Å². The van der Waals surface area contributed by atoms with Gasteiger partial charge in [-0.25, -0.2) is 4.39 Å². The maximum atomic E-state index is 14.1. The number of nitrogens with one attached hydrogen (secondary N) is 1. The summed E-state index contributed by atoms with van der Waals surface area (Å²) in [5, 5.41) is 12.4. The number of hydrogen-bond acceptors (Lipinski definition) is 5. The quantitative estimate of drug-likeness (QED) is 0.505. The number of ether oxygens (including phenoxy) is 1. The summed E-state index contributed by atoms with van der Waals surface area (Å²) in [7, 11) is 0. The number of para-hydroxylation sites is 1. The van der Waals surface area contributed by atoms with Crippen LogP contribution in [-0.2, 0) is 4.79 Å². The van der Waals surface area contributed by atoms with Crippen molar-refractivity contribution in [3.63, 3.8) is 0 Å². The Morgan fingerprint density at radius 1 is 1.23 bits per heavy atom. The van der Waals surface area contributed by atoms with Crippen molar-refractivity contribution >= 4 is 17.6 Å². The molecule has 1 aliphatic carbocycles. The number of hydrogen-bond donors (Lipinski definition) is 1. The Balaban J connectivity index is 1.80. The average molecular weight is 418 g/mol. The van der Waals surface area contributed by atoms with E-state index in [0.717, 1.165) is 31.8 Å². The number of amides is 1. The third-order valence-electron chi connectivity index (χ3n) is 5.12. The second-order valence-corrected chi connectivity index (χ2v) is 7.22. The normalized spacial score (nSPS) is 14.4. The van der Waals surface area contributed by atoms with Gasteiger partial charge in [0.1, 0.15) is 22.9 Å². The molecule has 1 amide bonds. The fourth-order valence-electron chi connectivity index (χ4n) is 3.54. The van der Waals surface area contributed by atoms with Gasteiger partial charge in [0.25, 0.3) is 11.5 Å². The second-order valence-electron chi connectivity index (χ2n) is 7.22. The summed E-state index contributed by atoms with van der Waals surface area (Å²) in [4.78, 5) is 30.0. The van der Waals surface area contributed by atoms with E-state index in [1.54, 1.807) is 24.3 Å². The highest BCUT2D eigenvalue weighted by Crippen LogP contribution is 2.26. The molecule has 0 radical (unpaired) electrons. The largest absolute Gasteiger partial charge is 0.435 e. The van der Waals surface area contributed by atoms with Crippen LogP contribution in [0, 0.1) is 17.1 Å². The molecule has 0 atom stereocenters. The van der Waals surface area contributed by atoms with Crippen LogP contribution in [0.15, 0.2) is 59.0 Å². The second kappa shape index (κ2) is 8.79. The number of carbonyl (C=O) groups excluding carboxylic acids is 1. The van der Waals surface area contributed by atoms with Crippen LogP contribution in [-0.4, -0.2) is 21.3 Å². The van der Waals surface area contributed by atoms with Gasteiger partial charge in [-0.05, 0) is 43.2 Å². The number of benzene rings is 1. The zero-order valence-corrected chi connectivity index (χ0v) is 16.5. The van der Waals surface area contributed by atoms with Crippen molar-refractivity contribution in [1.82, 2.24) is 14.7 Å². The monoisotopic (exact) mass is 418 g/mol. The van der Waals surface area contributed by atoms with E-state index in [-0.39, 0.29) is 34.5 Å². The molecule has 1 N–H and O–H groups in total. The van der Waals surface area contributed by atoms with Crippen molar-refractivity contribution in [1.29, 1.82) is 5.26 Å². The number of nitrogens with zero attached hydrogens (tertiary/aromatic N) is 3. The van der Waals surface area contributed by atoms with Crippen molar-refractivity contribution in [2.75, 3.05) is 0 Å². The summed E-state index contributed by atoms with van der Waals surface area (Å²) in [6.45, 7) is 0. The average Bonchev–Trinajstić information content (AvgIpc) is 3.28. The molecule has 7 nitrogen and oxygen atoms in total. The topological polar surface area (TPSA) is 96.5 Å². The molecule has 0 aliphatic heterocycles. The summed E-state index contributed by atoms with van der Waals surface area (Å²) in [5.41, 5.74) is -0.631. The predicted molar refractivity (Wildman–Crippen MR) is 112 cm³/mol. The summed E-state index contributed by atoms with van der Waals surface area (Å²) < 4.78 is 21.0. The van der Waals surface area contributed by atoms with Gasteiger partial charge in [-0.1, -0.05) is 31.0 Å². The molecule has 0 bridgehead atoms. The Bertz CT molecular complexity index is 1270. The molecule has 1 aliphatic rings. The molecule has 1 fully saturated rings. The van der Waals surface area contributed by atoms with Gasteiger partial charge in [-0.3, -0.25) is 14.0 Å². The SMILES string of the molecule is N#C/C(=C/c1c(Oc2ccccc2F)nc2ccccn2c1=O)C(=O)NC1CCCC1. The van der Waals surface area contributed by atoms with E-state index >= 15 is 0 Å². The third kappa shape index (κ3) is 4.31. The molecule has 2 heterocycles. The molecule has 8 heteroatoms. The Hall–Kier alpha value is -3.99. The summed E-state index contributed by atoms with van der Waals surface area (Å²) in [6.07, 6.45) is 6.41. The molecule has 1 aromatic carbocycles. The van der Waals surface area contributed by atoms with Gasteiger partial charge in [0.2, 0.25) is 5.88 Å². The molecule has 0 unspecified atom stereocenters. The molecular formula is C23H19FN4O3. The fraction of sp³-hybridized carbons (Fsp3) is 0.217. The summed E-state index contributed by atoms with van der Waals surface area (Å²) in [6, 6.07) is 12.5. The predicted octanol–water partition coefficient (Wildman–Crippen LogP) is 3.59. The van der Waals surface area contributed by atoms with Crippen LogP contribution >= 0.6 is 0 Å². The highest BCUT2D eigenvalue weighted by atomic mass is 19.1. The Kier molecular flexibility index (Phi) is 5.76. The van der Waals surface area contributed by atoms with Gasteiger partial charge in [0.15, 0.2) is 11.6 Å². The lowest BCUT2D eigenvalue weighted by atomic mass is 10.1. The van der Waals surface area contributed by atoms with Gasteiger partial charge < -0.3 is 10.1 Å². The smallest absolute Gasteiger partial charge is 0.269 e. The number of halogens is 1. The number of fused-ring (bicyclic) bond motifs is 1. The number of aromatic nitrogens is 2. The maximum absolute atomic E-state index is 14.1.